The highest BCUT2D eigenvalue weighted by Crippen LogP contribution is 2.62. The highest BCUT2D eigenvalue weighted by Gasteiger charge is 2.66. The Morgan fingerprint density at radius 3 is 2.48 bits per heavy atom. The number of nitrogens with zero attached hydrogens (tertiary/aromatic N) is 2. The third-order valence-corrected chi connectivity index (χ3v) is 8.33. The van der Waals surface area contributed by atoms with Crippen molar-refractivity contribution in [2.75, 3.05) is 20.2 Å². The number of hydrogen-bond acceptors (Lipinski definition) is 3. The van der Waals surface area contributed by atoms with Crippen molar-refractivity contribution in [3.05, 3.63) is 0 Å². The number of ether oxygens (including phenoxy) is 1. The summed E-state index contributed by atoms with van der Waals surface area (Å²) in [7, 11) is 2.33. The summed E-state index contributed by atoms with van der Waals surface area (Å²) in [6.45, 7) is 3.95. The maximum atomic E-state index is 6.09. The molecule has 154 valence electrons. The van der Waals surface area contributed by atoms with Gasteiger partial charge >= 0.3 is 0 Å². The number of hydrogen-bond donors (Lipinski definition) is 2. The molecule has 3 saturated heterocycles. The summed E-state index contributed by atoms with van der Waals surface area (Å²) in [6, 6.07) is 2.67. The number of halogens is 1. The van der Waals surface area contributed by atoms with Gasteiger partial charge < -0.3 is 20.3 Å². The topological polar surface area (TPSA) is 48.9 Å². The van der Waals surface area contributed by atoms with Crippen molar-refractivity contribution in [2.45, 2.75) is 95.0 Å². The molecule has 2 saturated carbocycles. The van der Waals surface area contributed by atoms with Crippen LogP contribution in [0.15, 0.2) is 4.99 Å². The number of rotatable bonds is 3. The van der Waals surface area contributed by atoms with E-state index >= 15 is 0 Å². The largest absolute Gasteiger partial charge is 0.377 e. The van der Waals surface area contributed by atoms with Crippen LogP contribution in [0.2, 0.25) is 0 Å². The molecule has 6 heteroatoms. The Bertz CT molecular complexity index is 552. The fourth-order valence-electron chi connectivity index (χ4n) is 6.82. The molecule has 0 aromatic rings. The fourth-order valence-corrected chi connectivity index (χ4v) is 6.82. The molecule has 5 aliphatic rings. The van der Waals surface area contributed by atoms with E-state index in [0.717, 1.165) is 31.2 Å². The number of aliphatic imine (C=N–C) groups is 1. The first-order valence-electron chi connectivity index (χ1n) is 11.1. The van der Waals surface area contributed by atoms with Gasteiger partial charge in [-0.1, -0.05) is 12.8 Å². The Labute approximate surface area is 181 Å². The smallest absolute Gasteiger partial charge is 0.191 e. The van der Waals surface area contributed by atoms with E-state index in [2.05, 4.69) is 29.5 Å². The van der Waals surface area contributed by atoms with Gasteiger partial charge in [0.15, 0.2) is 5.96 Å². The first-order valence-corrected chi connectivity index (χ1v) is 11.1. The Morgan fingerprint density at radius 2 is 1.85 bits per heavy atom. The Kier molecular flexibility index (Phi) is 5.97. The lowest BCUT2D eigenvalue weighted by molar-refractivity contribution is -0.171. The average molecular weight is 488 g/mol. The van der Waals surface area contributed by atoms with Crippen LogP contribution >= 0.6 is 24.0 Å². The van der Waals surface area contributed by atoms with E-state index in [1.807, 2.05) is 0 Å². The number of nitrogens with one attached hydrogen (secondary N) is 2. The van der Waals surface area contributed by atoms with E-state index in [9.17, 15) is 0 Å². The molecule has 5 unspecified atom stereocenters. The summed E-state index contributed by atoms with van der Waals surface area (Å²) < 4.78 is 6.09. The van der Waals surface area contributed by atoms with Crippen LogP contribution in [0, 0.1) is 11.3 Å². The molecule has 3 heterocycles. The van der Waals surface area contributed by atoms with Gasteiger partial charge in [-0.3, -0.25) is 4.99 Å². The highest BCUT2D eigenvalue weighted by atomic mass is 127. The molecular weight excluding hydrogens is 451 g/mol. The summed E-state index contributed by atoms with van der Waals surface area (Å²) >= 11 is 0. The molecule has 5 rings (SSSR count). The Morgan fingerprint density at radius 1 is 1.11 bits per heavy atom. The van der Waals surface area contributed by atoms with Crippen molar-refractivity contribution in [1.82, 2.24) is 15.5 Å². The van der Waals surface area contributed by atoms with Crippen LogP contribution in [0.25, 0.3) is 0 Å². The lowest BCUT2D eigenvalue weighted by Gasteiger charge is -2.63. The fraction of sp³-hybridized carbons (Fsp3) is 0.952. The highest BCUT2D eigenvalue weighted by molar-refractivity contribution is 14.0. The SMILES string of the molecule is CCN=C(NC1CC2CCCC(C1)N2C)NC1C2CCOC2C12CCC2.I. The van der Waals surface area contributed by atoms with E-state index in [1.54, 1.807) is 0 Å². The summed E-state index contributed by atoms with van der Waals surface area (Å²) in [5.74, 6) is 1.78. The maximum Gasteiger partial charge on any atom is 0.191 e. The summed E-state index contributed by atoms with van der Waals surface area (Å²) in [5, 5.41) is 7.73. The second-order valence-corrected chi connectivity index (χ2v) is 9.49. The van der Waals surface area contributed by atoms with Gasteiger partial charge in [0.1, 0.15) is 0 Å². The molecule has 5 nitrogen and oxygen atoms in total. The molecule has 2 N–H and O–H groups in total. The molecule has 27 heavy (non-hydrogen) atoms. The molecule has 1 spiro atoms. The molecule has 0 amide bonds. The van der Waals surface area contributed by atoms with Crippen molar-refractivity contribution >= 4 is 29.9 Å². The Hall–Kier alpha value is -0.0800. The van der Waals surface area contributed by atoms with Gasteiger partial charge in [0.25, 0.3) is 0 Å². The van der Waals surface area contributed by atoms with Crippen molar-refractivity contribution in [2.24, 2.45) is 16.3 Å². The Balaban J connectivity index is 0.00000180. The minimum absolute atomic E-state index is 0. The second-order valence-electron chi connectivity index (χ2n) is 9.49. The molecule has 0 aromatic heterocycles. The average Bonchev–Trinajstić information content (AvgIpc) is 2.97. The van der Waals surface area contributed by atoms with Gasteiger partial charge in [0.05, 0.1) is 6.10 Å². The zero-order valence-corrected chi connectivity index (χ0v) is 19.3. The van der Waals surface area contributed by atoms with Gasteiger partial charge in [-0.05, 0) is 58.9 Å². The van der Waals surface area contributed by atoms with Crippen molar-refractivity contribution in [1.29, 1.82) is 0 Å². The van der Waals surface area contributed by atoms with Crippen LogP contribution in [0.3, 0.4) is 0 Å². The molecule has 3 aliphatic heterocycles. The molecule has 2 aliphatic carbocycles. The summed E-state index contributed by atoms with van der Waals surface area (Å²) in [5.41, 5.74) is 0.417. The molecular formula is C21H37IN4O. The molecule has 0 aromatic carbocycles. The van der Waals surface area contributed by atoms with Gasteiger partial charge in [-0.15, -0.1) is 24.0 Å². The van der Waals surface area contributed by atoms with E-state index in [4.69, 9.17) is 9.73 Å². The number of piperidine rings is 2. The van der Waals surface area contributed by atoms with Crippen LogP contribution in [0.1, 0.15) is 64.7 Å². The van der Waals surface area contributed by atoms with E-state index < -0.39 is 0 Å². The number of guanidine groups is 1. The quantitative estimate of drug-likeness (QED) is 0.364. The standard InChI is InChI=1S/C21H36N4O.HI/c1-3-22-20(23-14-12-15-6-4-7-16(13-14)25(15)2)24-18-17-8-11-26-19(17)21(18)9-5-10-21;/h14-19H,3-13H2,1-2H3,(H2,22,23,24);1H. The lowest BCUT2D eigenvalue weighted by Crippen LogP contribution is -2.73. The first kappa shape index (κ1) is 20.2. The predicted molar refractivity (Wildman–Crippen MR) is 120 cm³/mol. The third kappa shape index (κ3) is 3.31. The normalized spacial score (nSPS) is 42.5. The third-order valence-electron chi connectivity index (χ3n) is 8.33. The number of fused-ring (bicyclic) bond motifs is 4. The van der Waals surface area contributed by atoms with Crippen molar-refractivity contribution < 1.29 is 4.74 Å². The monoisotopic (exact) mass is 488 g/mol. The lowest BCUT2D eigenvalue weighted by atomic mass is 9.46. The molecule has 2 bridgehead atoms. The van der Waals surface area contributed by atoms with E-state index in [0.29, 0.717) is 29.5 Å². The summed E-state index contributed by atoms with van der Waals surface area (Å²) in [6.07, 6.45) is 12.5. The first-order chi connectivity index (χ1) is 12.7. The predicted octanol–water partition coefficient (Wildman–Crippen LogP) is 3.13. The van der Waals surface area contributed by atoms with Gasteiger partial charge in [-0.2, -0.15) is 0 Å². The van der Waals surface area contributed by atoms with Gasteiger partial charge in [-0.25, -0.2) is 0 Å². The maximum absolute atomic E-state index is 6.09. The molecule has 0 radical (unpaired) electrons. The zero-order valence-electron chi connectivity index (χ0n) is 17.0. The van der Waals surface area contributed by atoms with Gasteiger partial charge in [0.2, 0.25) is 0 Å². The molecule has 5 atom stereocenters. The second kappa shape index (κ2) is 7.98. The van der Waals surface area contributed by atoms with Crippen molar-refractivity contribution in [3.63, 3.8) is 0 Å². The van der Waals surface area contributed by atoms with E-state index in [1.165, 1.54) is 57.8 Å². The van der Waals surface area contributed by atoms with Crippen LogP contribution in [0.5, 0.6) is 0 Å². The van der Waals surface area contributed by atoms with Crippen LogP contribution in [-0.2, 0) is 4.74 Å². The van der Waals surface area contributed by atoms with Crippen LogP contribution < -0.4 is 10.6 Å². The van der Waals surface area contributed by atoms with Crippen LogP contribution in [-0.4, -0.2) is 61.3 Å². The van der Waals surface area contributed by atoms with Gasteiger partial charge in [0, 0.05) is 48.7 Å². The minimum Gasteiger partial charge on any atom is -0.377 e. The zero-order chi connectivity index (χ0) is 17.7. The minimum atomic E-state index is 0. The van der Waals surface area contributed by atoms with Crippen molar-refractivity contribution in [3.8, 4) is 0 Å². The van der Waals surface area contributed by atoms with E-state index in [-0.39, 0.29) is 24.0 Å². The van der Waals surface area contributed by atoms with Crippen LogP contribution in [0.4, 0.5) is 0 Å². The molecule has 5 fully saturated rings. The summed E-state index contributed by atoms with van der Waals surface area (Å²) in [4.78, 5) is 7.47.